The first kappa shape index (κ1) is 17.7. The van der Waals surface area contributed by atoms with E-state index < -0.39 is 5.54 Å². The molecule has 1 aromatic carbocycles. The number of carbonyl (C=O) groups excluding carboxylic acids is 1. The first-order chi connectivity index (χ1) is 13.6. The number of ether oxygens (including phenoxy) is 1. The van der Waals surface area contributed by atoms with Gasteiger partial charge in [0.2, 0.25) is 5.91 Å². The number of hydrogen-bond donors (Lipinski definition) is 1. The van der Waals surface area contributed by atoms with Crippen LogP contribution in [0.25, 0.3) is 10.9 Å². The van der Waals surface area contributed by atoms with Gasteiger partial charge in [-0.3, -0.25) is 14.5 Å². The molecular weight excluding hydrogens is 354 g/mol. The number of likely N-dealkylation sites (tertiary alicyclic amines) is 2. The van der Waals surface area contributed by atoms with E-state index in [0.717, 1.165) is 73.8 Å². The summed E-state index contributed by atoms with van der Waals surface area (Å²) in [6, 6.07) is 8.14. The molecule has 3 heterocycles. The number of benzene rings is 1. The Balaban J connectivity index is 1.45. The zero-order chi connectivity index (χ0) is 19.3. The summed E-state index contributed by atoms with van der Waals surface area (Å²) in [5, 5.41) is 0.984. The lowest BCUT2D eigenvalue weighted by Gasteiger charge is -2.45. The van der Waals surface area contributed by atoms with Gasteiger partial charge in [-0.05, 0) is 68.7 Å². The third-order valence-electron chi connectivity index (χ3n) is 6.75. The average Bonchev–Trinajstić information content (AvgIpc) is 3.47. The van der Waals surface area contributed by atoms with Gasteiger partial charge in [0.15, 0.2) is 0 Å². The van der Waals surface area contributed by atoms with Crippen LogP contribution in [0.4, 0.5) is 0 Å². The van der Waals surface area contributed by atoms with Gasteiger partial charge < -0.3 is 14.6 Å². The lowest BCUT2D eigenvalue weighted by Crippen LogP contribution is -2.60. The number of fused-ring (bicyclic) bond motifs is 1. The molecule has 2 saturated heterocycles. The maximum Gasteiger partial charge on any atom is 0.252 e. The van der Waals surface area contributed by atoms with Crippen LogP contribution in [-0.4, -0.2) is 52.5 Å². The highest BCUT2D eigenvalue weighted by molar-refractivity contribution is 5.88. The van der Waals surface area contributed by atoms with E-state index in [0.29, 0.717) is 18.5 Å². The normalized spacial score (nSPS) is 25.8. The fraction of sp³-hybridized carbons (Fsp3) is 0.545. The number of H-pyrrole nitrogens is 1. The Bertz CT molecular complexity index is 981. The zero-order valence-corrected chi connectivity index (χ0v) is 16.4. The van der Waals surface area contributed by atoms with Crippen LogP contribution in [-0.2, 0) is 11.3 Å². The number of aromatic amines is 1. The Hall–Kier alpha value is -2.34. The predicted octanol–water partition coefficient (Wildman–Crippen LogP) is 2.66. The predicted molar refractivity (Wildman–Crippen MR) is 107 cm³/mol. The molecule has 2 aliphatic heterocycles. The molecule has 1 N–H and O–H groups in total. The molecule has 1 spiro atoms. The Labute approximate surface area is 164 Å². The van der Waals surface area contributed by atoms with Crippen molar-refractivity contribution in [3.8, 4) is 5.75 Å². The molecule has 0 bridgehead atoms. The Morgan fingerprint density at radius 1 is 1.14 bits per heavy atom. The van der Waals surface area contributed by atoms with Crippen molar-refractivity contribution in [3.63, 3.8) is 0 Å². The second-order valence-electron chi connectivity index (χ2n) is 8.47. The minimum absolute atomic E-state index is 0.0786. The van der Waals surface area contributed by atoms with Crippen LogP contribution in [0.2, 0.25) is 0 Å². The number of amides is 1. The quantitative estimate of drug-likeness (QED) is 0.884. The molecule has 28 heavy (non-hydrogen) atoms. The van der Waals surface area contributed by atoms with Gasteiger partial charge in [0.1, 0.15) is 11.3 Å². The van der Waals surface area contributed by atoms with E-state index in [1.54, 1.807) is 7.11 Å². The highest BCUT2D eigenvalue weighted by Gasteiger charge is 2.53. The zero-order valence-electron chi connectivity index (χ0n) is 16.4. The number of piperidine rings is 1. The maximum atomic E-state index is 13.4. The summed E-state index contributed by atoms with van der Waals surface area (Å²) in [6.45, 7) is 2.31. The molecule has 0 radical (unpaired) electrons. The summed E-state index contributed by atoms with van der Waals surface area (Å²) in [5.41, 5.74) is 1.03. The summed E-state index contributed by atoms with van der Waals surface area (Å²) in [5.74, 6) is 1.03. The van der Waals surface area contributed by atoms with Crippen LogP contribution in [0.5, 0.6) is 5.75 Å². The third-order valence-corrected chi connectivity index (χ3v) is 6.75. The number of pyridine rings is 1. The van der Waals surface area contributed by atoms with E-state index in [2.05, 4.69) is 14.8 Å². The van der Waals surface area contributed by atoms with Crippen molar-refractivity contribution in [2.24, 2.45) is 0 Å². The molecule has 3 fully saturated rings. The van der Waals surface area contributed by atoms with E-state index in [-0.39, 0.29) is 5.56 Å². The standard InChI is InChI=1S/C22H27N3O3/c1-28-18-7-4-15-12-16(20(26)23-19(15)13-18)14-24-10-2-8-22(24)9-3-11-25(21(22)27)17-5-6-17/h4,7,12-13,17H,2-3,5-6,8-11,14H2,1H3,(H,23,26). The third kappa shape index (κ3) is 2.82. The Morgan fingerprint density at radius 2 is 1.93 bits per heavy atom. The van der Waals surface area contributed by atoms with Crippen molar-refractivity contribution in [2.45, 2.75) is 56.7 Å². The molecule has 3 aliphatic rings. The maximum absolute atomic E-state index is 13.4. The van der Waals surface area contributed by atoms with Gasteiger partial charge >= 0.3 is 0 Å². The van der Waals surface area contributed by atoms with E-state index in [1.807, 2.05) is 24.3 Å². The van der Waals surface area contributed by atoms with E-state index in [1.165, 1.54) is 0 Å². The summed E-state index contributed by atoms with van der Waals surface area (Å²) < 4.78 is 5.25. The molecule has 1 aliphatic carbocycles. The second-order valence-corrected chi connectivity index (χ2v) is 8.47. The molecule has 1 aromatic heterocycles. The van der Waals surface area contributed by atoms with Gasteiger partial charge in [0.25, 0.3) is 5.56 Å². The fourth-order valence-electron chi connectivity index (χ4n) is 5.12. The topological polar surface area (TPSA) is 65.6 Å². The van der Waals surface area contributed by atoms with Crippen LogP contribution in [0.15, 0.2) is 29.1 Å². The van der Waals surface area contributed by atoms with Gasteiger partial charge in [0.05, 0.1) is 12.6 Å². The second kappa shape index (κ2) is 6.62. The lowest BCUT2D eigenvalue weighted by atomic mass is 9.85. The van der Waals surface area contributed by atoms with Crippen LogP contribution in [0.1, 0.15) is 44.1 Å². The first-order valence-electron chi connectivity index (χ1n) is 10.4. The molecule has 1 unspecified atom stereocenters. The van der Waals surface area contributed by atoms with Crippen LogP contribution in [0, 0.1) is 0 Å². The van der Waals surface area contributed by atoms with E-state index >= 15 is 0 Å². The summed E-state index contributed by atoms with van der Waals surface area (Å²) in [4.78, 5) is 33.5. The fourth-order valence-corrected chi connectivity index (χ4v) is 5.12. The number of methoxy groups -OCH3 is 1. The van der Waals surface area contributed by atoms with Gasteiger partial charge in [-0.25, -0.2) is 0 Å². The van der Waals surface area contributed by atoms with E-state index in [9.17, 15) is 9.59 Å². The molecule has 6 heteroatoms. The van der Waals surface area contributed by atoms with Crippen molar-refractivity contribution in [3.05, 3.63) is 40.2 Å². The van der Waals surface area contributed by atoms with Crippen LogP contribution < -0.4 is 10.3 Å². The largest absolute Gasteiger partial charge is 0.497 e. The van der Waals surface area contributed by atoms with E-state index in [4.69, 9.17) is 4.74 Å². The summed E-state index contributed by atoms with van der Waals surface area (Å²) in [7, 11) is 1.62. The summed E-state index contributed by atoms with van der Waals surface area (Å²) in [6.07, 6.45) is 6.21. The minimum atomic E-state index is -0.401. The summed E-state index contributed by atoms with van der Waals surface area (Å²) >= 11 is 0. The van der Waals surface area contributed by atoms with Crippen molar-refractivity contribution >= 4 is 16.8 Å². The number of carbonyl (C=O) groups is 1. The lowest BCUT2D eigenvalue weighted by molar-refractivity contribution is -0.148. The number of rotatable bonds is 4. The SMILES string of the molecule is COc1ccc2cc(CN3CCCC34CCCN(C3CC3)C4=O)c(=O)[nH]c2c1. The van der Waals surface area contributed by atoms with Crippen molar-refractivity contribution in [1.82, 2.24) is 14.8 Å². The molecular formula is C22H27N3O3. The van der Waals surface area contributed by atoms with Gasteiger partial charge in [0, 0.05) is 30.8 Å². The number of hydrogen-bond acceptors (Lipinski definition) is 4. The smallest absolute Gasteiger partial charge is 0.252 e. The molecule has 6 nitrogen and oxygen atoms in total. The number of nitrogens with zero attached hydrogens (tertiary/aromatic N) is 2. The van der Waals surface area contributed by atoms with Gasteiger partial charge in [-0.15, -0.1) is 0 Å². The molecule has 1 atom stereocenters. The highest BCUT2D eigenvalue weighted by Crippen LogP contribution is 2.42. The van der Waals surface area contributed by atoms with Crippen molar-refractivity contribution in [1.29, 1.82) is 0 Å². The Kier molecular flexibility index (Phi) is 4.19. The number of aromatic nitrogens is 1. The monoisotopic (exact) mass is 381 g/mol. The Morgan fingerprint density at radius 3 is 2.68 bits per heavy atom. The minimum Gasteiger partial charge on any atom is -0.497 e. The van der Waals surface area contributed by atoms with Gasteiger partial charge in [-0.2, -0.15) is 0 Å². The number of nitrogens with one attached hydrogen (secondary N) is 1. The van der Waals surface area contributed by atoms with Crippen molar-refractivity contribution < 1.29 is 9.53 Å². The molecule has 1 saturated carbocycles. The average molecular weight is 381 g/mol. The van der Waals surface area contributed by atoms with Crippen LogP contribution in [0.3, 0.4) is 0 Å². The molecule has 1 amide bonds. The van der Waals surface area contributed by atoms with Crippen LogP contribution >= 0.6 is 0 Å². The molecule has 148 valence electrons. The van der Waals surface area contributed by atoms with Crippen molar-refractivity contribution in [2.75, 3.05) is 20.2 Å². The molecule has 2 aromatic rings. The van der Waals surface area contributed by atoms with Gasteiger partial charge in [-0.1, -0.05) is 0 Å². The molecule has 5 rings (SSSR count). The highest BCUT2D eigenvalue weighted by atomic mass is 16.5. The first-order valence-corrected chi connectivity index (χ1v) is 10.4.